The van der Waals surface area contributed by atoms with E-state index >= 15 is 0 Å². The number of halogens is 1. The van der Waals surface area contributed by atoms with Gasteiger partial charge in [-0.1, -0.05) is 47.5 Å². The summed E-state index contributed by atoms with van der Waals surface area (Å²) in [5, 5.41) is 8.23. The van der Waals surface area contributed by atoms with Gasteiger partial charge in [0.05, 0.1) is 5.69 Å². The second-order valence-electron chi connectivity index (χ2n) is 8.34. The van der Waals surface area contributed by atoms with Gasteiger partial charge in [-0.15, -0.1) is 5.10 Å². The molecule has 0 bridgehead atoms. The zero-order valence-corrected chi connectivity index (χ0v) is 19.1. The van der Waals surface area contributed by atoms with E-state index in [9.17, 15) is 9.59 Å². The van der Waals surface area contributed by atoms with E-state index in [1.807, 2.05) is 44.2 Å². The monoisotopic (exact) mass is 450 g/mol. The lowest BCUT2D eigenvalue weighted by molar-refractivity contribution is -0.125. The van der Waals surface area contributed by atoms with Crippen LogP contribution in [0.2, 0.25) is 5.02 Å². The number of aromatic nitrogens is 2. The summed E-state index contributed by atoms with van der Waals surface area (Å²) < 4.78 is 1.38. The fourth-order valence-corrected chi connectivity index (χ4v) is 4.17. The maximum atomic E-state index is 12.6. The first-order valence-corrected chi connectivity index (χ1v) is 11.2. The number of piperidine rings is 1. The van der Waals surface area contributed by atoms with Gasteiger partial charge in [0.1, 0.15) is 5.82 Å². The summed E-state index contributed by atoms with van der Waals surface area (Å²) in [5.74, 6) is 0.802. The molecule has 166 valence electrons. The lowest BCUT2D eigenvalue weighted by Crippen LogP contribution is -2.41. The fraction of sp³-hybridized carbons (Fsp3) is 0.320. The molecule has 1 aromatic heterocycles. The Morgan fingerprint density at radius 3 is 2.59 bits per heavy atom. The maximum absolute atomic E-state index is 12.6. The third-order valence-corrected chi connectivity index (χ3v) is 6.33. The van der Waals surface area contributed by atoms with E-state index in [1.165, 1.54) is 16.3 Å². The molecule has 0 aliphatic carbocycles. The minimum Gasteiger partial charge on any atom is -0.355 e. The molecule has 3 aromatic rings. The summed E-state index contributed by atoms with van der Waals surface area (Å²) in [5.41, 5.74) is 3.67. The van der Waals surface area contributed by atoms with E-state index in [1.54, 1.807) is 12.1 Å². The van der Waals surface area contributed by atoms with Crippen molar-refractivity contribution in [3.63, 3.8) is 0 Å². The number of carbonyl (C=O) groups is 1. The molecule has 1 fully saturated rings. The number of anilines is 1. The van der Waals surface area contributed by atoms with Crippen LogP contribution in [-0.4, -0.2) is 28.8 Å². The molecule has 2 aromatic carbocycles. The topological polar surface area (TPSA) is 67.2 Å². The molecule has 2 heterocycles. The van der Waals surface area contributed by atoms with Crippen LogP contribution in [0.1, 0.15) is 29.5 Å². The highest BCUT2D eigenvalue weighted by atomic mass is 35.5. The first-order valence-electron chi connectivity index (χ1n) is 10.9. The summed E-state index contributed by atoms with van der Waals surface area (Å²) in [6.07, 6.45) is 1.49. The minimum absolute atomic E-state index is 0.0159. The van der Waals surface area contributed by atoms with Gasteiger partial charge < -0.3 is 10.2 Å². The fourth-order valence-electron chi connectivity index (χ4n) is 4.00. The molecule has 0 radical (unpaired) electrons. The first kappa shape index (κ1) is 22.1. The third kappa shape index (κ3) is 5.02. The van der Waals surface area contributed by atoms with Crippen molar-refractivity contribution in [2.24, 2.45) is 5.92 Å². The van der Waals surface area contributed by atoms with Crippen molar-refractivity contribution in [2.75, 3.05) is 18.0 Å². The van der Waals surface area contributed by atoms with Gasteiger partial charge >= 0.3 is 0 Å². The standard InChI is InChI=1S/C25H27ClN4O2/c1-17-4-3-5-19(14-17)16-27-25(32)20-10-12-29(13-11-20)23-8-9-24(31)30(28-23)21-7-6-18(2)22(26)15-21/h3-9,14-15,20H,10-13,16H2,1-2H3,(H,27,32). The highest BCUT2D eigenvalue weighted by Crippen LogP contribution is 2.23. The number of hydrogen-bond acceptors (Lipinski definition) is 4. The normalized spacial score (nSPS) is 14.4. The number of benzene rings is 2. The second-order valence-corrected chi connectivity index (χ2v) is 8.75. The Morgan fingerprint density at radius 1 is 1.09 bits per heavy atom. The van der Waals surface area contributed by atoms with Crippen LogP contribution >= 0.6 is 11.6 Å². The van der Waals surface area contributed by atoms with Gasteiger partial charge in [-0.2, -0.15) is 4.68 Å². The van der Waals surface area contributed by atoms with Crippen LogP contribution in [0, 0.1) is 19.8 Å². The van der Waals surface area contributed by atoms with E-state index < -0.39 is 0 Å². The van der Waals surface area contributed by atoms with E-state index in [4.69, 9.17) is 11.6 Å². The molecule has 0 atom stereocenters. The molecule has 7 heteroatoms. The molecule has 1 saturated heterocycles. The van der Waals surface area contributed by atoms with Gasteiger partial charge in [0.25, 0.3) is 5.56 Å². The summed E-state index contributed by atoms with van der Waals surface area (Å²) in [6, 6.07) is 16.9. The maximum Gasteiger partial charge on any atom is 0.271 e. The Labute approximate surface area is 192 Å². The van der Waals surface area contributed by atoms with Crippen LogP contribution < -0.4 is 15.8 Å². The molecule has 4 rings (SSSR count). The van der Waals surface area contributed by atoms with Gasteiger partial charge in [-0.05, 0) is 56.0 Å². The van der Waals surface area contributed by atoms with E-state index in [2.05, 4.69) is 21.4 Å². The average Bonchev–Trinajstić information content (AvgIpc) is 2.80. The molecule has 1 amide bonds. The zero-order chi connectivity index (χ0) is 22.7. The lowest BCUT2D eigenvalue weighted by Gasteiger charge is -2.32. The molecule has 32 heavy (non-hydrogen) atoms. The highest BCUT2D eigenvalue weighted by Gasteiger charge is 2.26. The van der Waals surface area contributed by atoms with Crippen LogP contribution in [0.5, 0.6) is 0 Å². The van der Waals surface area contributed by atoms with E-state index in [0.29, 0.717) is 30.3 Å². The van der Waals surface area contributed by atoms with Crippen LogP contribution in [0.3, 0.4) is 0 Å². The molecule has 1 N–H and O–H groups in total. The highest BCUT2D eigenvalue weighted by molar-refractivity contribution is 6.31. The number of aryl methyl sites for hydroxylation is 2. The minimum atomic E-state index is -0.209. The van der Waals surface area contributed by atoms with E-state index in [0.717, 1.165) is 29.8 Å². The van der Waals surface area contributed by atoms with Crippen molar-refractivity contribution in [3.8, 4) is 5.69 Å². The van der Waals surface area contributed by atoms with Crippen LogP contribution in [0.15, 0.2) is 59.4 Å². The van der Waals surface area contributed by atoms with Gasteiger partial charge in [-0.25, -0.2) is 0 Å². The number of rotatable bonds is 5. The van der Waals surface area contributed by atoms with Gasteiger partial charge in [-0.3, -0.25) is 9.59 Å². The molecule has 0 unspecified atom stereocenters. The van der Waals surface area contributed by atoms with Gasteiger partial charge in [0.2, 0.25) is 5.91 Å². The lowest BCUT2D eigenvalue weighted by atomic mass is 9.96. The number of nitrogens with zero attached hydrogens (tertiary/aromatic N) is 3. The number of carbonyl (C=O) groups excluding carboxylic acids is 1. The predicted octanol–water partition coefficient (Wildman–Crippen LogP) is 4.04. The van der Waals surface area contributed by atoms with Crippen molar-refractivity contribution in [3.05, 3.63) is 86.7 Å². The molecular weight excluding hydrogens is 424 g/mol. The molecule has 0 saturated carbocycles. The molecule has 1 aliphatic rings. The summed E-state index contributed by atoms with van der Waals surface area (Å²) in [6.45, 7) is 5.93. The molecule has 0 spiro atoms. The Morgan fingerprint density at radius 2 is 1.88 bits per heavy atom. The SMILES string of the molecule is Cc1cccc(CNC(=O)C2CCN(c3ccc(=O)n(-c4ccc(C)c(Cl)c4)n3)CC2)c1. The first-order chi connectivity index (χ1) is 15.4. The Balaban J connectivity index is 1.39. The van der Waals surface area contributed by atoms with E-state index in [-0.39, 0.29) is 17.4 Å². The van der Waals surface area contributed by atoms with Gasteiger partial charge in [0, 0.05) is 36.6 Å². The molecule has 6 nitrogen and oxygen atoms in total. The summed E-state index contributed by atoms with van der Waals surface area (Å²) >= 11 is 6.23. The predicted molar refractivity (Wildman–Crippen MR) is 128 cm³/mol. The largest absolute Gasteiger partial charge is 0.355 e. The average molecular weight is 451 g/mol. The van der Waals surface area contributed by atoms with Crippen LogP contribution in [-0.2, 0) is 11.3 Å². The number of amides is 1. The second kappa shape index (κ2) is 9.57. The zero-order valence-electron chi connectivity index (χ0n) is 18.3. The van der Waals surface area contributed by atoms with Gasteiger partial charge in [0.15, 0.2) is 0 Å². The van der Waals surface area contributed by atoms with Crippen molar-refractivity contribution in [1.82, 2.24) is 15.1 Å². The number of hydrogen-bond donors (Lipinski definition) is 1. The van der Waals surface area contributed by atoms with Crippen molar-refractivity contribution in [1.29, 1.82) is 0 Å². The smallest absolute Gasteiger partial charge is 0.271 e. The Hall–Kier alpha value is -3.12. The van der Waals surface area contributed by atoms with Crippen molar-refractivity contribution < 1.29 is 4.79 Å². The molecular formula is C25H27ClN4O2. The van der Waals surface area contributed by atoms with Crippen LogP contribution in [0.25, 0.3) is 5.69 Å². The van der Waals surface area contributed by atoms with Crippen LogP contribution in [0.4, 0.5) is 5.82 Å². The third-order valence-electron chi connectivity index (χ3n) is 5.93. The Bertz CT molecular complexity index is 1180. The van der Waals surface area contributed by atoms with Crippen molar-refractivity contribution >= 4 is 23.3 Å². The Kier molecular flexibility index (Phi) is 6.61. The summed E-state index contributed by atoms with van der Waals surface area (Å²) in [7, 11) is 0. The number of nitrogens with one attached hydrogen (secondary N) is 1. The van der Waals surface area contributed by atoms with Crippen molar-refractivity contribution in [2.45, 2.75) is 33.2 Å². The molecule has 1 aliphatic heterocycles. The summed E-state index contributed by atoms with van der Waals surface area (Å²) in [4.78, 5) is 27.1. The quantitative estimate of drug-likeness (QED) is 0.637.